The summed E-state index contributed by atoms with van der Waals surface area (Å²) in [6.45, 7) is 1.85. The maximum absolute atomic E-state index is 5.95. The molecule has 0 aromatic carbocycles. The molecule has 0 bridgehead atoms. The third-order valence-electron chi connectivity index (χ3n) is 2.67. The van der Waals surface area contributed by atoms with Crippen LogP contribution in [0.25, 0.3) is 22.1 Å². The van der Waals surface area contributed by atoms with Crippen LogP contribution in [0.1, 0.15) is 5.69 Å². The lowest BCUT2D eigenvalue weighted by Gasteiger charge is -2.07. The molecule has 0 saturated carbocycles. The van der Waals surface area contributed by atoms with Crippen LogP contribution in [0.4, 0.5) is 5.69 Å². The average Bonchev–Trinajstić information content (AvgIpc) is 2.95. The lowest BCUT2D eigenvalue weighted by Crippen LogP contribution is -1.98. The second-order valence-electron chi connectivity index (χ2n) is 4.13. The van der Waals surface area contributed by atoms with E-state index in [9.17, 15) is 0 Å². The van der Waals surface area contributed by atoms with Crippen LogP contribution >= 0.6 is 22.9 Å². The predicted molar refractivity (Wildman–Crippen MR) is 80.5 cm³/mol. The first-order valence-corrected chi connectivity index (χ1v) is 7.06. The fourth-order valence-corrected chi connectivity index (χ4v) is 2.53. The van der Waals surface area contributed by atoms with E-state index < -0.39 is 0 Å². The number of rotatable bonds is 2. The number of aromatic nitrogens is 4. The van der Waals surface area contributed by atoms with Gasteiger partial charge in [-0.2, -0.15) is 0 Å². The summed E-state index contributed by atoms with van der Waals surface area (Å²) in [5, 5.41) is 3.03. The zero-order chi connectivity index (χ0) is 14.1. The predicted octanol–water partition coefficient (Wildman–Crippen LogP) is 3.21. The fraction of sp³-hybridized carbons (Fsp3) is 0.0769. The normalized spacial score (nSPS) is 10.7. The van der Waals surface area contributed by atoms with Crippen LogP contribution in [0.5, 0.6) is 0 Å². The Hall–Kier alpha value is -2.05. The standard InChI is InChI=1S/C13H10ClN5S/c1-7-12(19-11(14)6-17-7)9-4-8(15)5-10(18-9)13-16-2-3-20-13/h2-6H,1H3,(H2,15,18). The Kier molecular flexibility index (Phi) is 3.33. The number of anilines is 1. The van der Waals surface area contributed by atoms with Crippen molar-refractivity contribution in [2.75, 3.05) is 5.73 Å². The second-order valence-corrected chi connectivity index (χ2v) is 5.42. The van der Waals surface area contributed by atoms with Gasteiger partial charge in [-0.15, -0.1) is 11.3 Å². The summed E-state index contributed by atoms with van der Waals surface area (Å²) in [7, 11) is 0. The third-order valence-corrected chi connectivity index (χ3v) is 3.65. The van der Waals surface area contributed by atoms with E-state index >= 15 is 0 Å². The Labute approximate surface area is 124 Å². The highest BCUT2D eigenvalue weighted by Crippen LogP contribution is 2.27. The van der Waals surface area contributed by atoms with Crippen molar-refractivity contribution in [2.24, 2.45) is 0 Å². The third kappa shape index (κ3) is 2.48. The molecule has 0 saturated heterocycles. The summed E-state index contributed by atoms with van der Waals surface area (Å²) in [5.74, 6) is 0. The van der Waals surface area contributed by atoms with Gasteiger partial charge in [-0.05, 0) is 19.1 Å². The van der Waals surface area contributed by atoms with Crippen LogP contribution < -0.4 is 5.73 Å². The minimum absolute atomic E-state index is 0.325. The van der Waals surface area contributed by atoms with Crippen molar-refractivity contribution in [2.45, 2.75) is 6.92 Å². The van der Waals surface area contributed by atoms with E-state index in [2.05, 4.69) is 19.9 Å². The fourth-order valence-electron chi connectivity index (χ4n) is 1.80. The molecule has 100 valence electrons. The maximum atomic E-state index is 5.95. The molecule has 0 radical (unpaired) electrons. The molecule has 5 nitrogen and oxygen atoms in total. The highest BCUT2D eigenvalue weighted by Gasteiger charge is 2.11. The largest absolute Gasteiger partial charge is 0.399 e. The van der Waals surface area contributed by atoms with Crippen molar-refractivity contribution in [3.63, 3.8) is 0 Å². The van der Waals surface area contributed by atoms with Crippen molar-refractivity contribution in [1.29, 1.82) is 0 Å². The average molecular weight is 304 g/mol. The zero-order valence-electron chi connectivity index (χ0n) is 10.5. The number of nitrogens with zero attached hydrogens (tertiary/aromatic N) is 4. The van der Waals surface area contributed by atoms with Crippen molar-refractivity contribution < 1.29 is 0 Å². The molecule has 20 heavy (non-hydrogen) atoms. The molecule has 0 fully saturated rings. The molecule has 2 N–H and O–H groups in total. The Balaban J connectivity index is 2.17. The molecule has 0 aliphatic carbocycles. The van der Waals surface area contributed by atoms with Gasteiger partial charge in [0, 0.05) is 17.3 Å². The van der Waals surface area contributed by atoms with Crippen LogP contribution in [0.15, 0.2) is 29.9 Å². The number of pyridine rings is 1. The molecular formula is C13H10ClN5S. The smallest absolute Gasteiger partial charge is 0.148 e. The summed E-state index contributed by atoms with van der Waals surface area (Å²) in [6, 6.07) is 3.54. The van der Waals surface area contributed by atoms with Crippen LogP contribution in [-0.4, -0.2) is 19.9 Å². The maximum Gasteiger partial charge on any atom is 0.148 e. The molecule has 7 heteroatoms. The number of hydrogen-bond donors (Lipinski definition) is 1. The van der Waals surface area contributed by atoms with Gasteiger partial charge in [0.1, 0.15) is 21.5 Å². The summed E-state index contributed by atoms with van der Waals surface area (Å²) in [4.78, 5) is 17.3. The van der Waals surface area contributed by atoms with Gasteiger partial charge < -0.3 is 5.73 Å². The van der Waals surface area contributed by atoms with Crippen LogP contribution in [0.3, 0.4) is 0 Å². The van der Waals surface area contributed by atoms with Gasteiger partial charge in [-0.3, -0.25) is 4.98 Å². The SMILES string of the molecule is Cc1ncc(Cl)nc1-c1cc(N)cc(-c2nccs2)n1. The van der Waals surface area contributed by atoms with Gasteiger partial charge in [-0.25, -0.2) is 15.0 Å². The first-order chi connectivity index (χ1) is 9.63. The van der Waals surface area contributed by atoms with E-state index in [0.717, 1.165) is 16.4 Å². The molecular weight excluding hydrogens is 294 g/mol. The number of thiazole rings is 1. The minimum atomic E-state index is 0.325. The van der Waals surface area contributed by atoms with Crippen LogP contribution in [-0.2, 0) is 0 Å². The van der Waals surface area contributed by atoms with Gasteiger partial charge in [0.2, 0.25) is 0 Å². The second kappa shape index (κ2) is 5.15. The van der Waals surface area contributed by atoms with Gasteiger partial charge in [0.05, 0.1) is 17.6 Å². The summed E-state index contributed by atoms with van der Waals surface area (Å²) in [6.07, 6.45) is 3.24. The van der Waals surface area contributed by atoms with E-state index in [-0.39, 0.29) is 0 Å². The summed E-state index contributed by atoms with van der Waals surface area (Å²) < 4.78 is 0. The highest BCUT2D eigenvalue weighted by molar-refractivity contribution is 7.13. The Morgan fingerprint density at radius 1 is 1.15 bits per heavy atom. The van der Waals surface area contributed by atoms with E-state index in [0.29, 0.717) is 22.2 Å². The number of hydrogen-bond acceptors (Lipinski definition) is 6. The first-order valence-electron chi connectivity index (χ1n) is 5.80. The zero-order valence-corrected chi connectivity index (χ0v) is 12.1. The van der Waals surface area contributed by atoms with Crippen molar-refractivity contribution in [3.8, 4) is 22.1 Å². The van der Waals surface area contributed by atoms with Crippen molar-refractivity contribution in [1.82, 2.24) is 19.9 Å². The first kappa shape index (κ1) is 13.0. The molecule has 0 spiro atoms. The Bertz CT molecular complexity index is 757. The molecule has 3 aromatic rings. The molecule has 0 amide bonds. The van der Waals surface area contributed by atoms with Gasteiger partial charge >= 0.3 is 0 Å². The monoisotopic (exact) mass is 303 g/mol. The highest BCUT2D eigenvalue weighted by atomic mass is 35.5. The Morgan fingerprint density at radius 3 is 2.70 bits per heavy atom. The molecule has 0 aliphatic rings. The van der Waals surface area contributed by atoms with Gasteiger partial charge in [0.15, 0.2) is 0 Å². The lowest BCUT2D eigenvalue weighted by atomic mass is 10.2. The molecule has 0 unspecified atom stereocenters. The summed E-state index contributed by atoms with van der Waals surface area (Å²) in [5.41, 5.74) is 9.28. The van der Waals surface area contributed by atoms with E-state index in [4.69, 9.17) is 17.3 Å². The molecule has 3 rings (SSSR count). The van der Waals surface area contributed by atoms with Crippen molar-refractivity contribution >= 4 is 28.6 Å². The number of nitrogen functional groups attached to an aromatic ring is 1. The number of aryl methyl sites for hydroxylation is 1. The lowest BCUT2D eigenvalue weighted by molar-refractivity contribution is 1.11. The number of halogens is 1. The van der Waals surface area contributed by atoms with Gasteiger partial charge in [-0.1, -0.05) is 11.6 Å². The van der Waals surface area contributed by atoms with E-state index in [1.165, 1.54) is 17.5 Å². The molecule has 3 aromatic heterocycles. The summed E-state index contributed by atoms with van der Waals surface area (Å²) >= 11 is 7.41. The van der Waals surface area contributed by atoms with E-state index in [1.807, 2.05) is 12.3 Å². The Morgan fingerprint density at radius 2 is 1.95 bits per heavy atom. The van der Waals surface area contributed by atoms with Crippen LogP contribution in [0, 0.1) is 6.92 Å². The van der Waals surface area contributed by atoms with Gasteiger partial charge in [0.25, 0.3) is 0 Å². The van der Waals surface area contributed by atoms with Crippen LogP contribution in [0.2, 0.25) is 5.15 Å². The van der Waals surface area contributed by atoms with Crippen molar-refractivity contribution in [3.05, 3.63) is 40.8 Å². The molecule has 3 heterocycles. The minimum Gasteiger partial charge on any atom is -0.399 e. The number of nitrogens with two attached hydrogens (primary N) is 1. The molecule has 0 atom stereocenters. The van der Waals surface area contributed by atoms with E-state index in [1.54, 1.807) is 18.3 Å². The quantitative estimate of drug-likeness (QED) is 0.786. The topological polar surface area (TPSA) is 77.6 Å². The molecule has 0 aliphatic heterocycles.